The average molecular weight is 360 g/mol. The van der Waals surface area contributed by atoms with Crippen LogP contribution in [-0.4, -0.2) is 27.7 Å². The van der Waals surface area contributed by atoms with E-state index in [1.165, 1.54) is 18.0 Å². The molecule has 0 fully saturated rings. The lowest BCUT2D eigenvalue weighted by atomic mass is 10.1. The van der Waals surface area contributed by atoms with Crippen LogP contribution in [0.4, 0.5) is 0 Å². The van der Waals surface area contributed by atoms with Crippen LogP contribution in [0.15, 0.2) is 70.1 Å². The highest BCUT2D eigenvalue weighted by Gasteiger charge is 2.16. The quantitative estimate of drug-likeness (QED) is 0.604. The predicted octanol–water partition coefficient (Wildman–Crippen LogP) is 2.46. The molecule has 0 unspecified atom stereocenters. The SMILES string of the molecule is CNC(=O)c1nn(Cc2coc(-c3ccccc3)n2)c(=O)c2ccccc12. The van der Waals surface area contributed by atoms with Crippen molar-refractivity contribution in [3.05, 3.63) is 82.6 Å². The molecule has 134 valence electrons. The van der Waals surface area contributed by atoms with Gasteiger partial charge in [0, 0.05) is 18.0 Å². The predicted molar refractivity (Wildman–Crippen MR) is 100 cm³/mol. The maximum atomic E-state index is 12.8. The number of carbonyl (C=O) groups excluding carboxylic acids is 1. The van der Waals surface area contributed by atoms with Crippen molar-refractivity contribution in [2.24, 2.45) is 0 Å². The van der Waals surface area contributed by atoms with Gasteiger partial charge in [0.25, 0.3) is 11.5 Å². The van der Waals surface area contributed by atoms with Crippen LogP contribution in [0.3, 0.4) is 0 Å². The van der Waals surface area contributed by atoms with E-state index in [1.54, 1.807) is 24.3 Å². The summed E-state index contributed by atoms with van der Waals surface area (Å²) in [6, 6.07) is 16.4. The third kappa shape index (κ3) is 3.10. The van der Waals surface area contributed by atoms with Gasteiger partial charge in [0.2, 0.25) is 5.89 Å². The minimum atomic E-state index is -0.356. The van der Waals surface area contributed by atoms with Gasteiger partial charge in [-0.1, -0.05) is 36.4 Å². The second-order valence-electron chi connectivity index (χ2n) is 5.95. The molecule has 0 spiro atoms. The molecule has 2 aromatic heterocycles. The molecule has 0 bridgehead atoms. The van der Waals surface area contributed by atoms with Crippen molar-refractivity contribution in [1.82, 2.24) is 20.1 Å². The van der Waals surface area contributed by atoms with Gasteiger partial charge in [0.05, 0.1) is 11.9 Å². The fourth-order valence-corrected chi connectivity index (χ4v) is 2.87. The van der Waals surface area contributed by atoms with Gasteiger partial charge in [-0.05, 0) is 18.2 Å². The molecule has 0 radical (unpaired) electrons. The Hall–Kier alpha value is -3.74. The molecule has 1 amide bonds. The Labute approximate surface area is 154 Å². The number of amides is 1. The van der Waals surface area contributed by atoms with Crippen molar-refractivity contribution in [3.8, 4) is 11.5 Å². The van der Waals surface area contributed by atoms with E-state index in [2.05, 4.69) is 15.4 Å². The van der Waals surface area contributed by atoms with Crippen LogP contribution < -0.4 is 10.9 Å². The number of hydrogen-bond acceptors (Lipinski definition) is 5. The van der Waals surface area contributed by atoms with Crippen LogP contribution in [0.5, 0.6) is 0 Å². The number of benzene rings is 2. The largest absolute Gasteiger partial charge is 0.444 e. The van der Waals surface area contributed by atoms with Gasteiger partial charge in [-0.2, -0.15) is 5.10 Å². The maximum absolute atomic E-state index is 12.8. The number of oxazole rings is 1. The van der Waals surface area contributed by atoms with E-state index >= 15 is 0 Å². The van der Waals surface area contributed by atoms with E-state index in [9.17, 15) is 9.59 Å². The van der Waals surface area contributed by atoms with E-state index in [0.29, 0.717) is 22.4 Å². The molecule has 1 N–H and O–H groups in total. The number of fused-ring (bicyclic) bond motifs is 1. The van der Waals surface area contributed by atoms with E-state index < -0.39 is 0 Å². The van der Waals surface area contributed by atoms with Crippen LogP contribution in [-0.2, 0) is 6.54 Å². The third-order valence-corrected chi connectivity index (χ3v) is 4.19. The van der Waals surface area contributed by atoms with Gasteiger partial charge in [-0.15, -0.1) is 0 Å². The zero-order valence-corrected chi connectivity index (χ0v) is 14.5. The summed E-state index contributed by atoms with van der Waals surface area (Å²) >= 11 is 0. The fraction of sp³-hybridized carbons (Fsp3) is 0.100. The minimum absolute atomic E-state index is 0.101. The van der Waals surface area contributed by atoms with Crippen molar-refractivity contribution in [3.63, 3.8) is 0 Å². The van der Waals surface area contributed by atoms with Crippen molar-refractivity contribution in [2.45, 2.75) is 6.54 Å². The van der Waals surface area contributed by atoms with Gasteiger partial charge >= 0.3 is 0 Å². The van der Waals surface area contributed by atoms with Crippen molar-refractivity contribution in [2.75, 3.05) is 7.05 Å². The van der Waals surface area contributed by atoms with Crippen molar-refractivity contribution >= 4 is 16.7 Å². The molecule has 0 atom stereocenters. The molecule has 0 aliphatic carbocycles. The van der Waals surface area contributed by atoms with E-state index in [4.69, 9.17) is 4.42 Å². The van der Waals surface area contributed by atoms with Crippen molar-refractivity contribution < 1.29 is 9.21 Å². The first kappa shape index (κ1) is 16.7. The highest BCUT2D eigenvalue weighted by Crippen LogP contribution is 2.18. The van der Waals surface area contributed by atoms with Crippen LogP contribution in [0, 0.1) is 0 Å². The molecule has 4 rings (SSSR count). The Morgan fingerprint density at radius 3 is 2.52 bits per heavy atom. The average Bonchev–Trinajstić information content (AvgIpc) is 3.19. The first-order valence-electron chi connectivity index (χ1n) is 8.39. The summed E-state index contributed by atoms with van der Waals surface area (Å²) in [5, 5.41) is 7.76. The zero-order chi connectivity index (χ0) is 18.8. The van der Waals surface area contributed by atoms with Gasteiger partial charge in [0.1, 0.15) is 12.0 Å². The number of hydrogen-bond donors (Lipinski definition) is 1. The monoisotopic (exact) mass is 360 g/mol. The molecule has 0 aliphatic heterocycles. The molecular weight excluding hydrogens is 344 g/mol. The number of rotatable bonds is 4. The zero-order valence-electron chi connectivity index (χ0n) is 14.5. The lowest BCUT2D eigenvalue weighted by molar-refractivity contribution is 0.0957. The number of nitrogens with one attached hydrogen (secondary N) is 1. The summed E-state index contributed by atoms with van der Waals surface area (Å²) in [5.74, 6) is 0.107. The van der Waals surface area contributed by atoms with Crippen LogP contribution in [0.1, 0.15) is 16.2 Å². The fourth-order valence-electron chi connectivity index (χ4n) is 2.87. The highest BCUT2D eigenvalue weighted by molar-refractivity contribution is 6.04. The molecule has 2 aromatic carbocycles. The second kappa shape index (κ2) is 6.87. The number of aromatic nitrogens is 3. The second-order valence-corrected chi connectivity index (χ2v) is 5.95. The summed E-state index contributed by atoms with van der Waals surface area (Å²) in [6.45, 7) is 0.101. The van der Waals surface area contributed by atoms with Gasteiger partial charge in [-0.25, -0.2) is 9.67 Å². The summed E-state index contributed by atoms with van der Waals surface area (Å²) in [7, 11) is 1.53. The van der Waals surface area contributed by atoms with Gasteiger partial charge < -0.3 is 9.73 Å². The van der Waals surface area contributed by atoms with Crippen LogP contribution in [0.25, 0.3) is 22.2 Å². The van der Waals surface area contributed by atoms with Gasteiger partial charge in [0.15, 0.2) is 5.69 Å². The summed E-state index contributed by atoms with van der Waals surface area (Å²) < 4.78 is 6.75. The molecule has 7 heteroatoms. The molecule has 4 aromatic rings. The molecule has 0 saturated heterocycles. The van der Waals surface area contributed by atoms with E-state index in [-0.39, 0.29) is 23.7 Å². The summed E-state index contributed by atoms with van der Waals surface area (Å²) in [5.41, 5.74) is 1.29. The number of nitrogens with zero attached hydrogens (tertiary/aromatic N) is 3. The lowest BCUT2D eigenvalue weighted by Gasteiger charge is -2.09. The molecule has 27 heavy (non-hydrogen) atoms. The molecule has 7 nitrogen and oxygen atoms in total. The topological polar surface area (TPSA) is 90.0 Å². The minimum Gasteiger partial charge on any atom is -0.444 e. The first-order chi connectivity index (χ1) is 13.2. The molecule has 0 saturated carbocycles. The normalized spacial score (nSPS) is 10.9. The maximum Gasteiger partial charge on any atom is 0.275 e. The Balaban J connectivity index is 1.76. The first-order valence-corrected chi connectivity index (χ1v) is 8.39. The Morgan fingerprint density at radius 1 is 1.07 bits per heavy atom. The number of carbonyl (C=O) groups is 1. The lowest BCUT2D eigenvalue weighted by Crippen LogP contribution is -2.29. The molecule has 0 aliphatic rings. The Morgan fingerprint density at radius 2 is 1.78 bits per heavy atom. The molecular formula is C20H16N4O3. The van der Waals surface area contributed by atoms with E-state index in [0.717, 1.165) is 5.56 Å². The van der Waals surface area contributed by atoms with Crippen LogP contribution >= 0.6 is 0 Å². The Bertz CT molecular complexity index is 1180. The van der Waals surface area contributed by atoms with E-state index in [1.807, 2.05) is 30.3 Å². The molecule has 2 heterocycles. The Kier molecular flexibility index (Phi) is 4.25. The van der Waals surface area contributed by atoms with Gasteiger partial charge in [-0.3, -0.25) is 9.59 Å². The summed E-state index contributed by atoms with van der Waals surface area (Å²) in [4.78, 5) is 29.4. The van der Waals surface area contributed by atoms with Crippen LogP contribution in [0.2, 0.25) is 0 Å². The highest BCUT2D eigenvalue weighted by atomic mass is 16.3. The summed E-state index contributed by atoms with van der Waals surface area (Å²) in [6.07, 6.45) is 1.49. The third-order valence-electron chi connectivity index (χ3n) is 4.19. The van der Waals surface area contributed by atoms with Crippen molar-refractivity contribution in [1.29, 1.82) is 0 Å². The smallest absolute Gasteiger partial charge is 0.275 e. The standard InChI is InChI=1S/C20H16N4O3/c1-21-18(25)17-15-9-5-6-10-16(15)20(26)24(23-17)11-14-12-27-19(22-14)13-7-3-2-4-8-13/h2-10,12H,11H2,1H3,(H,21,25).